The van der Waals surface area contributed by atoms with Crippen LogP contribution in [0.3, 0.4) is 0 Å². The lowest BCUT2D eigenvalue weighted by Crippen LogP contribution is -2.06. The van der Waals surface area contributed by atoms with Gasteiger partial charge in [-0.25, -0.2) is 14.8 Å². The van der Waals surface area contributed by atoms with Gasteiger partial charge < -0.3 is 33.7 Å². The number of nitrogens with one attached hydrogen (secondary N) is 2. The number of nitrogens with zero attached hydrogens (tertiary/aromatic N) is 6. The number of fused-ring (bicyclic) bond motifs is 16. The smallest absolute Gasteiger partial charge is 0.338 e. The molecule has 2 N–H and O–H groups in total. The van der Waals surface area contributed by atoms with Crippen molar-refractivity contribution in [3.05, 3.63) is 245 Å². The molecule has 6 heterocycles. The minimum absolute atomic E-state index is 0.0971. The molecule has 22 heteroatoms. The van der Waals surface area contributed by atoms with E-state index < -0.39 is 71.4 Å². The molecule has 0 fully saturated rings. The van der Waals surface area contributed by atoms with Gasteiger partial charge in [0.05, 0.1) is 54.6 Å². The molecule has 0 spiro atoms. The van der Waals surface area contributed by atoms with E-state index >= 15 is 0 Å². The summed E-state index contributed by atoms with van der Waals surface area (Å²) in [7, 11) is 0. The van der Waals surface area contributed by atoms with Crippen LogP contribution in [-0.2, 0) is 4.74 Å². The molecule has 0 aliphatic carbocycles. The predicted molar refractivity (Wildman–Crippen MR) is 323 cm³/mol. The number of rotatable bonds is 10. The van der Waals surface area contributed by atoms with E-state index in [9.17, 15) is 45.3 Å². The van der Waals surface area contributed by atoms with Crippen LogP contribution in [0.5, 0.6) is 46.0 Å². The second-order valence-electron chi connectivity index (χ2n) is 19.7. The molecule has 87 heavy (non-hydrogen) atoms. The fourth-order valence-corrected chi connectivity index (χ4v) is 10.6. The third-order valence-electron chi connectivity index (χ3n) is 14.3. The quantitative estimate of drug-likeness (QED) is 0.0730. The lowest BCUT2D eigenvalue weighted by atomic mass is 10.0. The molecule has 0 atom stereocenters. The summed E-state index contributed by atoms with van der Waals surface area (Å²) >= 11 is 0. The number of nitro groups is 4. The lowest BCUT2D eigenvalue weighted by molar-refractivity contribution is -0.395. The number of nitro benzene ring substituents is 4. The zero-order valence-electron chi connectivity index (χ0n) is 45.2. The Hall–Kier alpha value is -12.6. The van der Waals surface area contributed by atoms with Crippen LogP contribution in [-0.4, -0.2) is 52.2 Å². The third-order valence-corrected chi connectivity index (χ3v) is 14.3. The van der Waals surface area contributed by atoms with Gasteiger partial charge in [0.1, 0.15) is 35.1 Å². The minimum atomic E-state index is -0.932. The van der Waals surface area contributed by atoms with Gasteiger partial charge >= 0.3 is 28.7 Å². The Morgan fingerprint density at radius 2 is 0.701 bits per heavy atom. The number of hydrogen-bond acceptors (Lipinski definition) is 16. The van der Waals surface area contributed by atoms with Crippen molar-refractivity contribution >= 4 is 75.1 Å². The number of hydrogen-bond donors (Lipinski definition) is 2. The zero-order chi connectivity index (χ0) is 60.0. The Bertz CT molecular complexity index is 4650. The van der Waals surface area contributed by atoms with Crippen molar-refractivity contribution in [3.63, 3.8) is 0 Å². The molecule has 0 saturated carbocycles. The number of esters is 1. The summed E-state index contributed by atoms with van der Waals surface area (Å²) in [6.45, 7) is 1.44. The molecule has 0 amide bonds. The fourth-order valence-electron chi connectivity index (χ4n) is 10.6. The second-order valence-corrected chi connectivity index (χ2v) is 19.7. The van der Waals surface area contributed by atoms with Crippen LogP contribution in [0.25, 0.3) is 90.9 Å². The highest BCUT2D eigenvalue weighted by Crippen LogP contribution is 2.49. The van der Waals surface area contributed by atoms with Crippen molar-refractivity contribution in [2.75, 3.05) is 6.61 Å². The zero-order valence-corrected chi connectivity index (χ0v) is 45.2. The first-order valence-electron chi connectivity index (χ1n) is 26.7. The number of aromatic nitrogens is 4. The highest BCUT2D eigenvalue weighted by Gasteiger charge is 2.32. The van der Waals surface area contributed by atoms with Gasteiger partial charge in [0.25, 0.3) is 0 Å². The van der Waals surface area contributed by atoms with Crippen molar-refractivity contribution in [1.29, 1.82) is 0 Å². The molecule has 7 aromatic carbocycles. The molecular formula is C65H40N8O14. The van der Waals surface area contributed by atoms with Gasteiger partial charge in [-0.1, -0.05) is 91.0 Å². The summed E-state index contributed by atoms with van der Waals surface area (Å²) in [5.74, 6) is -4.47. The van der Waals surface area contributed by atoms with Crippen LogP contribution in [0.4, 0.5) is 22.7 Å². The molecule has 424 valence electrons. The van der Waals surface area contributed by atoms with E-state index in [-0.39, 0.29) is 40.7 Å². The Morgan fingerprint density at radius 1 is 0.402 bits per heavy atom. The maximum Gasteiger partial charge on any atom is 0.338 e. The Morgan fingerprint density at radius 3 is 1.00 bits per heavy atom. The molecule has 0 unspecified atom stereocenters. The van der Waals surface area contributed by atoms with Crippen LogP contribution in [0.2, 0.25) is 0 Å². The highest BCUT2D eigenvalue weighted by molar-refractivity contribution is 6.00. The molecule has 0 radical (unpaired) electrons. The highest BCUT2D eigenvalue weighted by atomic mass is 16.6. The first-order valence-corrected chi connectivity index (χ1v) is 26.7. The normalized spacial score (nSPS) is 12.0. The van der Waals surface area contributed by atoms with Crippen LogP contribution in [0.15, 0.2) is 176 Å². The SMILES string of the molecule is CCOC(=O)c1cc2cc(c1)Oc1cc(c([N+](=O)[O-])cc1[N+](=O)[O-])Oc1cc(cc(-c3c4nc(c(-c5ccccc5)c5ccc([nH]5)c(-c5ccccc5)c5nc(c(-c6ccccc6)c6ccc3[nH]6)C=C5)C=C4)c1)Oc1cc(c([N+](=O)[O-])cc1[N+](=O)[O-])O2. The number of carbonyl (C=O) groups is 1. The molecule has 10 aromatic rings. The van der Waals surface area contributed by atoms with Gasteiger partial charge in [0.2, 0.25) is 23.0 Å². The maximum atomic E-state index is 13.2. The minimum Gasteiger partial charge on any atom is -0.462 e. The van der Waals surface area contributed by atoms with Crippen molar-refractivity contribution in [1.82, 2.24) is 19.9 Å². The van der Waals surface area contributed by atoms with Gasteiger partial charge in [-0.15, -0.1) is 0 Å². The van der Waals surface area contributed by atoms with Crippen LogP contribution in [0, 0.1) is 40.5 Å². The molecule has 22 nitrogen and oxygen atoms in total. The van der Waals surface area contributed by atoms with Gasteiger partial charge in [-0.3, -0.25) is 40.5 Å². The number of H-pyrrole nitrogens is 2. The van der Waals surface area contributed by atoms with Gasteiger partial charge in [-0.05, 0) is 102 Å². The van der Waals surface area contributed by atoms with Gasteiger partial charge in [0.15, 0.2) is 0 Å². The molecule has 3 aliphatic rings. The van der Waals surface area contributed by atoms with Crippen LogP contribution in [0.1, 0.15) is 40.1 Å². The van der Waals surface area contributed by atoms with E-state index in [0.717, 1.165) is 69.2 Å². The monoisotopic (exact) mass is 1160 g/mol. The average Bonchev–Trinajstić information content (AvgIpc) is 1.87. The van der Waals surface area contributed by atoms with Crippen LogP contribution < -0.4 is 18.9 Å². The number of aromatic amines is 2. The molecule has 0 saturated heterocycles. The van der Waals surface area contributed by atoms with E-state index in [1.807, 2.05) is 133 Å². The number of carbonyl (C=O) groups excluding carboxylic acids is 1. The summed E-state index contributed by atoms with van der Waals surface area (Å²) in [5, 5.41) is 51.3. The third kappa shape index (κ3) is 10.3. The summed E-state index contributed by atoms with van der Waals surface area (Å²) in [4.78, 5) is 78.9. The standard InChI is InChI=1S/C65H40N8O14/c1-2-83-65(74)40-28-43-31-44(29-40)87-60-35-58(54(71(77)78)33-56(60)73(81)82)85-42-27-39(26-41(30-42)84-57-34-59(86-43)55(72(79)80)32-53(57)70(75)76)64-51-24-22-49(68-51)62(37-14-8-4-9-15-37)47-20-18-45(66-47)61(36-12-6-3-7-13-36)46-19-21-48(67-46)63(38-16-10-5-11-17-38)50-23-25-52(64)69-50/h3-35,66,69H,2H2,1H3. The Labute approximate surface area is 490 Å². The number of ether oxygens (including phenoxy) is 5. The van der Waals surface area contributed by atoms with E-state index in [0.29, 0.717) is 57.0 Å². The topological polar surface area (TPSA) is 293 Å². The summed E-state index contributed by atoms with van der Waals surface area (Å²) < 4.78 is 30.2. The molecule has 13 rings (SSSR count). The Kier molecular flexibility index (Phi) is 13.6. The van der Waals surface area contributed by atoms with Crippen molar-refractivity contribution in [2.24, 2.45) is 0 Å². The number of benzene rings is 7. The molecule has 3 aliphatic heterocycles. The van der Waals surface area contributed by atoms with Crippen molar-refractivity contribution in [3.8, 4) is 90.5 Å². The van der Waals surface area contributed by atoms with Crippen molar-refractivity contribution in [2.45, 2.75) is 6.92 Å². The fraction of sp³-hybridized carbons (Fsp3) is 0.0308. The maximum absolute atomic E-state index is 13.2. The lowest BCUT2D eigenvalue weighted by Gasteiger charge is -2.16. The average molecular weight is 1160 g/mol. The first kappa shape index (κ1) is 53.7. The summed E-state index contributed by atoms with van der Waals surface area (Å²) in [6.07, 6.45) is 7.57. The van der Waals surface area contributed by atoms with Crippen molar-refractivity contribution < 1.29 is 48.2 Å². The van der Waals surface area contributed by atoms with Crippen LogP contribution >= 0.6 is 0 Å². The first-order chi connectivity index (χ1) is 42.2. The van der Waals surface area contributed by atoms with Gasteiger partial charge in [-0.2, -0.15) is 0 Å². The largest absolute Gasteiger partial charge is 0.462 e. The summed E-state index contributed by atoms with van der Waals surface area (Å²) in [6, 6.07) is 47.6. The van der Waals surface area contributed by atoms with E-state index in [4.69, 9.17) is 33.7 Å². The van der Waals surface area contributed by atoms with Gasteiger partial charge in [0, 0.05) is 68.6 Å². The second kappa shape index (κ2) is 22.0. The molecular weight excluding hydrogens is 1120 g/mol. The van der Waals surface area contributed by atoms with E-state index in [1.165, 1.54) is 25.1 Å². The van der Waals surface area contributed by atoms with E-state index in [2.05, 4.69) is 9.97 Å². The Balaban J connectivity index is 1.12. The molecule has 16 bridgehead atoms. The summed E-state index contributed by atoms with van der Waals surface area (Å²) in [5.41, 5.74) is 6.40. The van der Waals surface area contributed by atoms with E-state index in [1.54, 1.807) is 6.08 Å². The molecule has 3 aromatic heterocycles. The predicted octanol–water partition coefficient (Wildman–Crippen LogP) is 16.6.